The second-order valence-corrected chi connectivity index (χ2v) is 11.2. The maximum Gasteiger partial charge on any atom is 0.264 e. The summed E-state index contributed by atoms with van der Waals surface area (Å²) in [7, 11) is -2.62. The number of carbonyl (C=O) groups excluding carboxylic acids is 2. The lowest BCUT2D eigenvalue weighted by molar-refractivity contribution is -0.138. The molecule has 3 aromatic carbocycles. The Morgan fingerprint density at radius 3 is 2.18 bits per heavy atom. The topological polar surface area (TPSA) is 96.0 Å². The van der Waals surface area contributed by atoms with Crippen LogP contribution >= 0.6 is 0 Å². The van der Waals surface area contributed by atoms with E-state index in [4.69, 9.17) is 4.74 Å². The van der Waals surface area contributed by atoms with Crippen LogP contribution in [0.1, 0.15) is 31.4 Å². The summed E-state index contributed by atoms with van der Waals surface area (Å²) >= 11 is 0. The highest BCUT2D eigenvalue weighted by atomic mass is 32.2. The molecule has 0 saturated heterocycles. The van der Waals surface area contributed by atoms with Crippen molar-refractivity contribution in [1.82, 2.24) is 10.2 Å². The maximum atomic E-state index is 13.8. The van der Waals surface area contributed by atoms with Crippen molar-refractivity contribution in [1.29, 1.82) is 0 Å². The molecule has 1 unspecified atom stereocenters. The van der Waals surface area contributed by atoms with E-state index in [2.05, 4.69) is 5.32 Å². The van der Waals surface area contributed by atoms with Crippen LogP contribution in [0.5, 0.6) is 5.75 Å². The van der Waals surface area contributed by atoms with Gasteiger partial charge in [0.1, 0.15) is 18.3 Å². The molecule has 0 heterocycles. The minimum absolute atomic E-state index is 0.0289. The number of ether oxygens (including phenoxy) is 1. The van der Waals surface area contributed by atoms with E-state index >= 15 is 0 Å². The summed E-state index contributed by atoms with van der Waals surface area (Å²) in [5, 5.41) is 2.85. The molecule has 2 amide bonds. The zero-order valence-electron chi connectivity index (χ0n) is 23.0. The molecule has 0 bridgehead atoms. The molecule has 0 aliphatic rings. The number of aryl methyl sites for hydroxylation is 1. The zero-order chi connectivity index (χ0) is 28.4. The highest BCUT2D eigenvalue weighted by Crippen LogP contribution is 2.26. The van der Waals surface area contributed by atoms with Crippen LogP contribution in [0.3, 0.4) is 0 Å². The fourth-order valence-corrected chi connectivity index (χ4v) is 5.49. The number of methoxy groups -OCH3 is 1. The highest BCUT2D eigenvalue weighted by molar-refractivity contribution is 7.92. The summed E-state index contributed by atoms with van der Waals surface area (Å²) in [6.07, 6.45) is 1.28. The molecule has 1 N–H and O–H groups in total. The van der Waals surface area contributed by atoms with E-state index in [1.54, 1.807) is 43.3 Å². The number of benzene rings is 3. The lowest BCUT2D eigenvalue weighted by atomic mass is 10.1. The van der Waals surface area contributed by atoms with E-state index < -0.39 is 28.5 Å². The minimum Gasteiger partial charge on any atom is -0.497 e. The van der Waals surface area contributed by atoms with Gasteiger partial charge < -0.3 is 15.0 Å². The average Bonchev–Trinajstić information content (AvgIpc) is 2.95. The lowest BCUT2D eigenvalue weighted by Crippen LogP contribution is -2.52. The third kappa shape index (κ3) is 7.83. The molecule has 0 aliphatic carbocycles. The molecular weight excluding hydrogens is 514 g/mol. The summed E-state index contributed by atoms with van der Waals surface area (Å²) in [5.74, 6) is -0.230. The van der Waals surface area contributed by atoms with E-state index in [1.807, 2.05) is 44.2 Å². The Kier molecular flexibility index (Phi) is 10.5. The van der Waals surface area contributed by atoms with Gasteiger partial charge in [-0.15, -0.1) is 0 Å². The third-order valence-electron chi connectivity index (χ3n) is 6.45. The smallest absolute Gasteiger partial charge is 0.264 e. The SMILES string of the molecule is CCCNC(=O)C(C)N(CCc1ccccc1)C(=O)CN(c1ccc(C)cc1)S(=O)(=O)c1ccc(OC)cc1. The Hall–Kier alpha value is -3.85. The largest absolute Gasteiger partial charge is 0.497 e. The summed E-state index contributed by atoms with van der Waals surface area (Å²) in [6, 6.07) is 21.9. The zero-order valence-corrected chi connectivity index (χ0v) is 23.8. The van der Waals surface area contributed by atoms with Crippen LogP contribution in [0.15, 0.2) is 83.8 Å². The fourth-order valence-electron chi connectivity index (χ4n) is 4.08. The molecule has 0 aromatic heterocycles. The van der Waals surface area contributed by atoms with E-state index in [1.165, 1.54) is 24.1 Å². The number of anilines is 1. The van der Waals surface area contributed by atoms with Gasteiger partial charge in [-0.3, -0.25) is 13.9 Å². The first-order chi connectivity index (χ1) is 18.7. The van der Waals surface area contributed by atoms with Crippen LogP contribution in [-0.4, -0.2) is 57.9 Å². The van der Waals surface area contributed by atoms with Crippen molar-refractivity contribution in [3.05, 3.63) is 90.0 Å². The highest BCUT2D eigenvalue weighted by Gasteiger charge is 2.32. The van der Waals surface area contributed by atoms with Crippen LogP contribution in [0.2, 0.25) is 0 Å². The lowest BCUT2D eigenvalue weighted by Gasteiger charge is -2.32. The second-order valence-electron chi connectivity index (χ2n) is 9.31. The average molecular weight is 552 g/mol. The van der Waals surface area contributed by atoms with E-state index in [-0.39, 0.29) is 17.3 Å². The second kappa shape index (κ2) is 13.8. The van der Waals surface area contributed by atoms with Gasteiger partial charge in [0.2, 0.25) is 11.8 Å². The van der Waals surface area contributed by atoms with Gasteiger partial charge >= 0.3 is 0 Å². The van der Waals surface area contributed by atoms with Gasteiger partial charge in [0, 0.05) is 13.1 Å². The molecule has 9 heteroatoms. The summed E-state index contributed by atoms with van der Waals surface area (Å²) in [4.78, 5) is 28.2. The number of nitrogens with one attached hydrogen (secondary N) is 1. The molecule has 1 atom stereocenters. The predicted molar refractivity (Wildman–Crippen MR) is 153 cm³/mol. The van der Waals surface area contributed by atoms with Gasteiger partial charge in [-0.2, -0.15) is 0 Å². The number of hydrogen-bond acceptors (Lipinski definition) is 5. The van der Waals surface area contributed by atoms with Crippen molar-refractivity contribution in [2.45, 2.75) is 44.6 Å². The van der Waals surface area contributed by atoms with Crippen molar-refractivity contribution in [2.24, 2.45) is 0 Å². The van der Waals surface area contributed by atoms with Gasteiger partial charge in [-0.05, 0) is 68.7 Å². The number of hydrogen-bond donors (Lipinski definition) is 1. The Bertz CT molecular complexity index is 1330. The van der Waals surface area contributed by atoms with Gasteiger partial charge in [0.25, 0.3) is 10.0 Å². The first-order valence-corrected chi connectivity index (χ1v) is 14.5. The number of nitrogens with zero attached hydrogens (tertiary/aromatic N) is 2. The number of carbonyl (C=O) groups is 2. The monoisotopic (exact) mass is 551 g/mol. The van der Waals surface area contributed by atoms with Crippen LogP contribution in [0, 0.1) is 6.92 Å². The molecule has 3 rings (SSSR count). The van der Waals surface area contributed by atoms with E-state index in [0.29, 0.717) is 24.4 Å². The maximum absolute atomic E-state index is 13.8. The third-order valence-corrected chi connectivity index (χ3v) is 8.24. The first-order valence-electron chi connectivity index (χ1n) is 13.0. The minimum atomic E-state index is -4.12. The first kappa shape index (κ1) is 29.7. The molecule has 0 saturated carbocycles. The molecule has 39 heavy (non-hydrogen) atoms. The van der Waals surface area contributed by atoms with E-state index in [9.17, 15) is 18.0 Å². The quantitative estimate of drug-likeness (QED) is 0.344. The molecule has 0 radical (unpaired) electrons. The molecule has 8 nitrogen and oxygen atoms in total. The summed E-state index contributed by atoms with van der Waals surface area (Å²) in [5.41, 5.74) is 2.33. The fraction of sp³-hybridized carbons (Fsp3) is 0.333. The molecular formula is C30H37N3O5S. The van der Waals surface area contributed by atoms with Crippen LogP contribution in [0.4, 0.5) is 5.69 Å². The van der Waals surface area contributed by atoms with Gasteiger partial charge in [-0.25, -0.2) is 8.42 Å². The molecule has 0 fully saturated rings. The predicted octanol–water partition coefficient (Wildman–Crippen LogP) is 4.18. The van der Waals surface area contributed by atoms with E-state index in [0.717, 1.165) is 21.9 Å². The summed E-state index contributed by atoms with van der Waals surface area (Å²) in [6.45, 7) is 5.81. The number of sulfonamides is 1. The molecule has 208 valence electrons. The van der Waals surface area contributed by atoms with Crippen molar-refractivity contribution in [2.75, 3.05) is 31.0 Å². The van der Waals surface area contributed by atoms with Gasteiger partial charge in [0.05, 0.1) is 17.7 Å². The Morgan fingerprint density at radius 2 is 1.59 bits per heavy atom. The van der Waals surface area contributed by atoms with Crippen molar-refractivity contribution >= 4 is 27.5 Å². The number of rotatable bonds is 13. The Balaban J connectivity index is 1.96. The van der Waals surface area contributed by atoms with Crippen LogP contribution in [0.25, 0.3) is 0 Å². The molecule has 0 spiro atoms. The van der Waals surface area contributed by atoms with Crippen molar-refractivity contribution in [3.63, 3.8) is 0 Å². The normalized spacial score (nSPS) is 11.9. The molecule has 0 aliphatic heterocycles. The van der Waals surface area contributed by atoms with Crippen molar-refractivity contribution in [3.8, 4) is 5.75 Å². The number of amides is 2. The molecule has 3 aromatic rings. The van der Waals surface area contributed by atoms with Gasteiger partial charge in [0.15, 0.2) is 0 Å². The van der Waals surface area contributed by atoms with Crippen LogP contribution < -0.4 is 14.4 Å². The standard InChI is InChI=1S/C30H37N3O5S/c1-5-20-31-30(35)24(3)32(21-19-25-9-7-6-8-10-25)29(34)22-33(26-13-11-23(2)12-14-26)39(36,37)28-17-15-27(38-4)16-18-28/h6-18,24H,5,19-22H2,1-4H3,(H,31,35). The van der Waals surface area contributed by atoms with Crippen molar-refractivity contribution < 1.29 is 22.7 Å². The van der Waals surface area contributed by atoms with Crippen LogP contribution in [-0.2, 0) is 26.0 Å². The Labute approximate surface area is 231 Å². The Morgan fingerprint density at radius 1 is 0.949 bits per heavy atom. The summed E-state index contributed by atoms with van der Waals surface area (Å²) < 4.78 is 33.9. The van der Waals surface area contributed by atoms with Gasteiger partial charge in [-0.1, -0.05) is 55.0 Å².